The predicted molar refractivity (Wildman–Crippen MR) is 59.1 cm³/mol. The Kier molecular flexibility index (Phi) is 3.40. The number of hydrogen-bond donors (Lipinski definition) is 1. The van der Waals surface area contributed by atoms with Crippen LogP contribution in [0, 0.1) is 17.5 Å². The lowest BCUT2D eigenvalue weighted by Crippen LogP contribution is -2.11. The molecule has 0 aliphatic carbocycles. The first kappa shape index (κ1) is 13.0. The number of aliphatic hydroxyl groups is 1. The summed E-state index contributed by atoms with van der Waals surface area (Å²) >= 11 is 3.01. The molecule has 0 bridgehead atoms. The number of rotatable bonds is 2. The first-order valence-corrected chi connectivity index (χ1v) is 5.58. The van der Waals surface area contributed by atoms with E-state index in [0.29, 0.717) is 12.1 Å². The molecule has 0 saturated carbocycles. The van der Waals surface area contributed by atoms with Gasteiger partial charge in [-0.2, -0.15) is 0 Å². The Morgan fingerprint density at radius 2 is 1.83 bits per heavy atom. The van der Waals surface area contributed by atoms with Gasteiger partial charge in [0.25, 0.3) is 0 Å². The standard InChI is InChI=1S/C10H7BrF3N3O/c1-17-8(10(11)15-16-17)9(18)7-5(13)2-4(12)3-6(7)14/h2-3,9,18H,1H3. The lowest BCUT2D eigenvalue weighted by atomic mass is 10.1. The molecular weight excluding hydrogens is 315 g/mol. The molecule has 0 amide bonds. The molecule has 1 atom stereocenters. The van der Waals surface area contributed by atoms with Gasteiger partial charge in [-0.3, -0.25) is 0 Å². The molecule has 2 rings (SSSR count). The Balaban J connectivity index is 2.56. The number of aryl methyl sites for hydroxylation is 1. The van der Waals surface area contributed by atoms with E-state index >= 15 is 0 Å². The van der Waals surface area contributed by atoms with Crippen molar-refractivity contribution in [3.63, 3.8) is 0 Å². The van der Waals surface area contributed by atoms with Crippen molar-refractivity contribution >= 4 is 15.9 Å². The molecule has 0 saturated heterocycles. The van der Waals surface area contributed by atoms with Crippen molar-refractivity contribution in [1.29, 1.82) is 0 Å². The van der Waals surface area contributed by atoms with Crippen LogP contribution < -0.4 is 0 Å². The zero-order valence-electron chi connectivity index (χ0n) is 9.03. The van der Waals surface area contributed by atoms with E-state index in [-0.39, 0.29) is 10.3 Å². The lowest BCUT2D eigenvalue weighted by molar-refractivity contribution is 0.198. The minimum Gasteiger partial charge on any atom is -0.382 e. The summed E-state index contributed by atoms with van der Waals surface area (Å²) < 4.78 is 41.1. The van der Waals surface area contributed by atoms with Crippen molar-refractivity contribution in [2.24, 2.45) is 7.05 Å². The smallest absolute Gasteiger partial charge is 0.154 e. The molecular formula is C10H7BrF3N3O. The van der Waals surface area contributed by atoms with Crippen LogP contribution in [-0.4, -0.2) is 20.1 Å². The number of halogens is 4. The predicted octanol–water partition coefficient (Wildman–Crippen LogP) is 2.08. The van der Waals surface area contributed by atoms with Gasteiger partial charge in [-0.1, -0.05) is 5.21 Å². The van der Waals surface area contributed by atoms with Crippen LogP contribution in [0.4, 0.5) is 13.2 Å². The van der Waals surface area contributed by atoms with Crippen LogP contribution in [0.2, 0.25) is 0 Å². The minimum absolute atomic E-state index is 0.0689. The molecule has 2 aromatic rings. The van der Waals surface area contributed by atoms with Crippen molar-refractivity contribution in [3.8, 4) is 0 Å². The monoisotopic (exact) mass is 321 g/mol. The molecule has 1 unspecified atom stereocenters. The van der Waals surface area contributed by atoms with Crippen molar-refractivity contribution in [2.45, 2.75) is 6.10 Å². The summed E-state index contributed by atoms with van der Waals surface area (Å²) in [5.41, 5.74) is -0.582. The van der Waals surface area contributed by atoms with Gasteiger partial charge in [0, 0.05) is 19.2 Å². The summed E-state index contributed by atoms with van der Waals surface area (Å²) in [5, 5.41) is 17.1. The number of benzene rings is 1. The average Bonchev–Trinajstić information content (AvgIpc) is 2.56. The van der Waals surface area contributed by atoms with Crippen molar-refractivity contribution in [3.05, 3.63) is 45.4 Å². The Hall–Kier alpha value is -1.41. The van der Waals surface area contributed by atoms with Crippen LogP contribution in [0.15, 0.2) is 16.7 Å². The normalized spacial score (nSPS) is 12.8. The van der Waals surface area contributed by atoms with E-state index in [9.17, 15) is 18.3 Å². The molecule has 8 heteroatoms. The quantitative estimate of drug-likeness (QED) is 0.921. The maximum absolute atomic E-state index is 13.5. The molecule has 4 nitrogen and oxygen atoms in total. The first-order valence-electron chi connectivity index (χ1n) is 4.79. The zero-order valence-corrected chi connectivity index (χ0v) is 10.6. The highest BCUT2D eigenvalue weighted by Crippen LogP contribution is 2.30. The highest BCUT2D eigenvalue weighted by molar-refractivity contribution is 9.10. The number of nitrogens with zero attached hydrogens (tertiary/aromatic N) is 3. The van der Waals surface area contributed by atoms with E-state index in [1.54, 1.807) is 0 Å². The van der Waals surface area contributed by atoms with E-state index in [4.69, 9.17) is 0 Å². The third kappa shape index (κ3) is 2.13. The first-order chi connectivity index (χ1) is 8.41. The van der Waals surface area contributed by atoms with Crippen LogP contribution in [0.5, 0.6) is 0 Å². The molecule has 0 aliphatic rings. The maximum Gasteiger partial charge on any atom is 0.154 e. The summed E-state index contributed by atoms with van der Waals surface area (Å²) in [6, 6.07) is 0.999. The van der Waals surface area contributed by atoms with E-state index in [1.807, 2.05) is 0 Å². The Morgan fingerprint density at radius 1 is 1.28 bits per heavy atom. The Bertz CT molecular complexity index is 560. The summed E-state index contributed by atoms with van der Waals surface area (Å²) in [6.07, 6.45) is -1.64. The average molecular weight is 322 g/mol. The zero-order chi connectivity index (χ0) is 13.4. The number of hydrogen-bond acceptors (Lipinski definition) is 3. The summed E-state index contributed by atoms with van der Waals surface area (Å²) in [7, 11) is 1.45. The second-order valence-electron chi connectivity index (χ2n) is 3.57. The molecule has 1 heterocycles. The number of aliphatic hydroxyl groups excluding tert-OH is 1. The highest BCUT2D eigenvalue weighted by atomic mass is 79.9. The van der Waals surface area contributed by atoms with Gasteiger partial charge in [-0.15, -0.1) is 5.10 Å². The molecule has 0 spiro atoms. The number of aromatic nitrogens is 3. The van der Waals surface area contributed by atoms with Crippen LogP contribution in [0.3, 0.4) is 0 Å². The van der Waals surface area contributed by atoms with Gasteiger partial charge in [0.15, 0.2) is 4.60 Å². The molecule has 1 aromatic carbocycles. The largest absolute Gasteiger partial charge is 0.382 e. The van der Waals surface area contributed by atoms with E-state index in [1.165, 1.54) is 7.05 Å². The third-order valence-electron chi connectivity index (χ3n) is 2.40. The lowest BCUT2D eigenvalue weighted by Gasteiger charge is -2.13. The van der Waals surface area contributed by atoms with E-state index in [2.05, 4.69) is 26.2 Å². The van der Waals surface area contributed by atoms with Gasteiger partial charge in [-0.25, -0.2) is 17.9 Å². The maximum atomic E-state index is 13.5. The molecule has 0 radical (unpaired) electrons. The van der Waals surface area contributed by atoms with Gasteiger partial charge >= 0.3 is 0 Å². The summed E-state index contributed by atoms with van der Waals surface area (Å²) in [4.78, 5) is 0. The fourth-order valence-corrected chi connectivity index (χ4v) is 2.12. The second-order valence-corrected chi connectivity index (χ2v) is 4.33. The summed E-state index contributed by atoms with van der Waals surface area (Å²) in [6.45, 7) is 0. The van der Waals surface area contributed by atoms with Crippen LogP contribution in [0.25, 0.3) is 0 Å². The van der Waals surface area contributed by atoms with Crippen molar-refractivity contribution in [1.82, 2.24) is 15.0 Å². The topological polar surface area (TPSA) is 50.9 Å². The Labute approximate surface area is 108 Å². The SMILES string of the molecule is Cn1nnc(Br)c1C(O)c1c(F)cc(F)cc1F. The second kappa shape index (κ2) is 4.69. The van der Waals surface area contributed by atoms with Crippen molar-refractivity contribution in [2.75, 3.05) is 0 Å². The van der Waals surface area contributed by atoms with Crippen LogP contribution in [0.1, 0.15) is 17.4 Å². The van der Waals surface area contributed by atoms with E-state index in [0.717, 1.165) is 4.68 Å². The summed E-state index contributed by atoms with van der Waals surface area (Å²) in [5.74, 6) is -3.40. The van der Waals surface area contributed by atoms with Gasteiger partial charge in [0.1, 0.15) is 29.2 Å². The van der Waals surface area contributed by atoms with Crippen LogP contribution >= 0.6 is 15.9 Å². The van der Waals surface area contributed by atoms with Crippen molar-refractivity contribution < 1.29 is 18.3 Å². The molecule has 0 fully saturated rings. The van der Waals surface area contributed by atoms with E-state index < -0.39 is 29.1 Å². The van der Waals surface area contributed by atoms with Gasteiger partial charge in [-0.05, 0) is 15.9 Å². The fourth-order valence-electron chi connectivity index (χ4n) is 1.58. The van der Waals surface area contributed by atoms with Gasteiger partial charge in [0.05, 0.1) is 5.56 Å². The fraction of sp³-hybridized carbons (Fsp3) is 0.200. The van der Waals surface area contributed by atoms with Gasteiger partial charge < -0.3 is 5.11 Å². The Morgan fingerprint density at radius 3 is 2.28 bits per heavy atom. The minimum atomic E-state index is -1.64. The van der Waals surface area contributed by atoms with Gasteiger partial charge in [0.2, 0.25) is 0 Å². The molecule has 0 aliphatic heterocycles. The molecule has 96 valence electrons. The van der Waals surface area contributed by atoms with Crippen LogP contribution in [-0.2, 0) is 7.05 Å². The molecule has 18 heavy (non-hydrogen) atoms. The molecule has 1 aromatic heterocycles. The highest BCUT2D eigenvalue weighted by Gasteiger charge is 2.26. The third-order valence-corrected chi connectivity index (χ3v) is 2.97. The molecule has 1 N–H and O–H groups in total.